The Labute approximate surface area is 149 Å². The van der Waals surface area contributed by atoms with Crippen molar-refractivity contribution in [2.45, 2.75) is 38.0 Å². The van der Waals surface area contributed by atoms with Gasteiger partial charge in [0.15, 0.2) is 9.84 Å². The van der Waals surface area contributed by atoms with Gasteiger partial charge in [-0.3, -0.25) is 0 Å². The van der Waals surface area contributed by atoms with E-state index in [4.69, 9.17) is 4.74 Å². The van der Waals surface area contributed by atoms with E-state index in [1.54, 1.807) is 18.9 Å². The number of methoxy groups -OCH3 is 1. The maximum atomic E-state index is 12.7. The number of carbonyl (C=O) groups is 1. The van der Waals surface area contributed by atoms with E-state index in [0.29, 0.717) is 6.54 Å². The summed E-state index contributed by atoms with van der Waals surface area (Å²) in [4.78, 5) is 14.5. The van der Waals surface area contributed by atoms with Crippen LogP contribution in [0, 0.1) is 0 Å². The molecule has 0 aliphatic carbocycles. The van der Waals surface area contributed by atoms with E-state index in [0.717, 1.165) is 30.1 Å². The van der Waals surface area contributed by atoms with Crippen LogP contribution < -0.4 is 5.32 Å². The predicted octanol–water partition coefficient (Wildman–Crippen LogP) is 2.49. The fraction of sp³-hybridized carbons (Fsp3) is 0.500. The van der Waals surface area contributed by atoms with Gasteiger partial charge in [-0.25, -0.2) is 13.2 Å². The lowest BCUT2D eigenvalue weighted by molar-refractivity contribution is 0.0242. The molecule has 0 bridgehead atoms. The molecular weight excluding hydrogens is 340 g/mol. The smallest absolute Gasteiger partial charge is 0.318 e. The Kier molecular flexibility index (Phi) is 6.61. The first-order chi connectivity index (χ1) is 11.8. The lowest BCUT2D eigenvalue weighted by Gasteiger charge is -2.39. The van der Waals surface area contributed by atoms with Gasteiger partial charge in [0.25, 0.3) is 0 Å². The molecule has 1 aromatic rings. The molecule has 7 heteroatoms. The number of urea groups is 1. The van der Waals surface area contributed by atoms with Crippen molar-refractivity contribution in [3.63, 3.8) is 0 Å². The number of piperidine rings is 1. The Morgan fingerprint density at radius 3 is 2.64 bits per heavy atom. The summed E-state index contributed by atoms with van der Waals surface area (Å²) in [6.07, 6.45) is 4.24. The van der Waals surface area contributed by atoms with Crippen LogP contribution in [0.5, 0.6) is 0 Å². The molecule has 1 heterocycles. The van der Waals surface area contributed by atoms with Crippen molar-refractivity contribution < 1.29 is 17.9 Å². The zero-order chi connectivity index (χ0) is 18.4. The Morgan fingerprint density at radius 2 is 2.04 bits per heavy atom. The van der Waals surface area contributed by atoms with Gasteiger partial charge in [-0.1, -0.05) is 36.4 Å². The van der Waals surface area contributed by atoms with Crippen molar-refractivity contribution in [3.05, 3.63) is 47.4 Å². The van der Waals surface area contributed by atoms with Gasteiger partial charge in [-0.05, 0) is 25.3 Å². The maximum Gasteiger partial charge on any atom is 0.318 e. The Hall–Kier alpha value is -1.86. The van der Waals surface area contributed by atoms with Crippen molar-refractivity contribution in [2.24, 2.45) is 0 Å². The zero-order valence-electron chi connectivity index (χ0n) is 14.9. The molecule has 1 aromatic carbocycles. The predicted molar refractivity (Wildman–Crippen MR) is 97.9 cm³/mol. The number of likely N-dealkylation sites (tertiary alicyclic amines) is 1. The maximum absolute atomic E-state index is 12.7. The molecule has 1 aliphatic heterocycles. The van der Waals surface area contributed by atoms with Gasteiger partial charge in [-0.15, -0.1) is 0 Å². The number of hydrogen-bond donors (Lipinski definition) is 1. The molecule has 1 aliphatic rings. The number of rotatable bonds is 5. The summed E-state index contributed by atoms with van der Waals surface area (Å²) < 4.78 is 27.9. The first-order valence-electron chi connectivity index (χ1n) is 8.33. The van der Waals surface area contributed by atoms with E-state index in [9.17, 15) is 13.2 Å². The van der Waals surface area contributed by atoms with Crippen molar-refractivity contribution in [1.29, 1.82) is 0 Å². The first-order valence-corrected chi connectivity index (χ1v) is 10.3. The molecule has 2 rings (SSSR count). The molecule has 1 unspecified atom stereocenters. The topological polar surface area (TPSA) is 75.7 Å². The number of hydrogen-bond acceptors (Lipinski definition) is 4. The molecule has 1 N–H and O–H groups in total. The Morgan fingerprint density at radius 1 is 1.36 bits per heavy atom. The Bertz CT molecular complexity index is 703. The van der Waals surface area contributed by atoms with Crippen molar-refractivity contribution in [2.75, 3.05) is 19.9 Å². The average Bonchev–Trinajstić information content (AvgIpc) is 2.59. The highest BCUT2D eigenvalue weighted by molar-refractivity contribution is 7.93. The fourth-order valence-corrected chi connectivity index (χ4v) is 3.49. The van der Waals surface area contributed by atoms with Crippen molar-refractivity contribution in [1.82, 2.24) is 10.2 Å². The second-order valence-electron chi connectivity index (χ2n) is 6.40. The average molecular weight is 366 g/mol. The summed E-state index contributed by atoms with van der Waals surface area (Å²) in [7, 11) is -1.51. The van der Waals surface area contributed by atoms with Crippen LogP contribution in [0.1, 0.15) is 31.4 Å². The minimum Gasteiger partial charge on any atom is -0.381 e. The molecule has 138 valence electrons. The van der Waals surface area contributed by atoms with Crippen LogP contribution in [-0.4, -0.2) is 51.4 Å². The van der Waals surface area contributed by atoms with E-state index < -0.39 is 9.84 Å². The number of nitrogens with zero attached hydrogens (tertiary/aromatic N) is 1. The van der Waals surface area contributed by atoms with Gasteiger partial charge in [0.1, 0.15) is 0 Å². The summed E-state index contributed by atoms with van der Waals surface area (Å²) in [6.45, 7) is 2.34. The van der Waals surface area contributed by atoms with E-state index in [1.165, 1.54) is 6.08 Å². The lowest BCUT2D eigenvalue weighted by atomic mass is 9.93. The van der Waals surface area contributed by atoms with E-state index >= 15 is 0 Å². The van der Waals surface area contributed by atoms with Crippen LogP contribution in [0.3, 0.4) is 0 Å². The van der Waals surface area contributed by atoms with Crippen LogP contribution in [0.4, 0.5) is 4.79 Å². The normalized spacial score (nSPS) is 22.8. The summed E-state index contributed by atoms with van der Waals surface area (Å²) >= 11 is 0. The summed E-state index contributed by atoms with van der Waals surface area (Å²) in [5.41, 5.74) is 1.07. The third kappa shape index (κ3) is 5.86. The highest BCUT2D eigenvalue weighted by Crippen LogP contribution is 2.32. The number of sulfone groups is 1. The monoisotopic (exact) mass is 366 g/mol. The van der Waals surface area contributed by atoms with Gasteiger partial charge in [0, 0.05) is 31.4 Å². The second kappa shape index (κ2) is 8.49. The molecule has 0 radical (unpaired) electrons. The van der Waals surface area contributed by atoms with E-state index in [-0.39, 0.29) is 24.2 Å². The number of nitrogens with one attached hydrogen (secondary N) is 1. The SMILES string of the molecule is CO[C@H]1CCN(C(=O)NC(C)/C=C/S(C)(=O)=O)[C@@H](c2ccccc2)C1. The van der Waals surface area contributed by atoms with Crippen LogP contribution in [-0.2, 0) is 14.6 Å². The lowest BCUT2D eigenvalue weighted by Crippen LogP contribution is -2.49. The summed E-state index contributed by atoms with van der Waals surface area (Å²) in [6, 6.07) is 9.24. The van der Waals surface area contributed by atoms with Crippen LogP contribution in [0.2, 0.25) is 0 Å². The van der Waals surface area contributed by atoms with Crippen LogP contribution in [0.25, 0.3) is 0 Å². The minimum absolute atomic E-state index is 0.0639. The summed E-state index contributed by atoms with van der Waals surface area (Å²) in [5, 5.41) is 3.96. The van der Waals surface area contributed by atoms with Crippen molar-refractivity contribution in [3.8, 4) is 0 Å². The van der Waals surface area contributed by atoms with Gasteiger partial charge >= 0.3 is 6.03 Å². The number of ether oxygens (including phenoxy) is 1. The number of carbonyl (C=O) groups excluding carboxylic acids is 1. The quantitative estimate of drug-likeness (QED) is 0.869. The highest BCUT2D eigenvalue weighted by Gasteiger charge is 2.32. The molecule has 3 atom stereocenters. The molecule has 1 fully saturated rings. The number of amides is 2. The third-order valence-corrected chi connectivity index (χ3v) is 4.95. The number of benzene rings is 1. The standard InChI is InChI=1S/C18H26N2O4S/c1-14(10-12-25(3,22)23)19-18(21)20-11-9-16(24-2)13-17(20)15-7-5-4-6-8-15/h4-8,10,12,14,16-17H,9,11,13H2,1-3H3,(H,19,21)/b12-10+/t14?,16-,17+/m0/s1. The molecular formula is C18H26N2O4S. The fourth-order valence-electron chi connectivity index (χ4n) is 2.97. The second-order valence-corrected chi connectivity index (χ2v) is 8.33. The van der Waals surface area contributed by atoms with Crippen molar-refractivity contribution >= 4 is 15.9 Å². The molecule has 6 nitrogen and oxygen atoms in total. The molecule has 0 aromatic heterocycles. The van der Waals surface area contributed by atoms with Gasteiger partial charge in [-0.2, -0.15) is 0 Å². The van der Waals surface area contributed by atoms with Gasteiger partial charge < -0.3 is 15.0 Å². The minimum atomic E-state index is -3.21. The molecule has 0 saturated carbocycles. The Balaban J connectivity index is 2.11. The third-order valence-electron chi connectivity index (χ3n) is 4.30. The first kappa shape index (κ1) is 19.5. The molecule has 25 heavy (non-hydrogen) atoms. The molecule has 0 spiro atoms. The van der Waals surface area contributed by atoms with Crippen LogP contribution in [0.15, 0.2) is 41.8 Å². The molecule has 1 saturated heterocycles. The molecule has 2 amide bonds. The van der Waals surface area contributed by atoms with E-state index in [1.807, 2.05) is 30.3 Å². The van der Waals surface area contributed by atoms with Gasteiger partial charge in [0.05, 0.1) is 12.1 Å². The zero-order valence-corrected chi connectivity index (χ0v) is 15.7. The summed E-state index contributed by atoms with van der Waals surface area (Å²) in [5.74, 6) is 0. The largest absolute Gasteiger partial charge is 0.381 e. The highest BCUT2D eigenvalue weighted by atomic mass is 32.2. The van der Waals surface area contributed by atoms with Crippen LogP contribution >= 0.6 is 0 Å². The van der Waals surface area contributed by atoms with E-state index in [2.05, 4.69) is 5.32 Å². The van der Waals surface area contributed by atoms with Gasteiger partial charge in [0.2, 0.25) is 0 Å².